The summed E-state index contributed by atoms with van der Waals surface area (Å²) in [5.41, 5.74) is 3.05. The lowest BCUT2D eigenvalue weighted by molar-refractivity contribution is 0.0782. The number of nitrogens with zero attached hydrogens (tertiary/aromatic N) is 3. The van der Waals surface area contributed by atoms with Gasteiger partial charge in [-0.05, 0) is 35.7 Å². The number of carbonyl (C=O) groups is 1. The number of para-hydroxylation sites is 2. The second-order valence-electron chi connectivity index (χ2n) is 6.44. The molecular formula is C22H19N3O2S. The van der Waals surface area contributed by atoms with Crippen molar-refractivity contribution in [2.45, 2.75) is 6.54 Å². The van der Waals surface area contributed by atoms with E-state index in [1.54, 1.807) is 41.5 Å². The van der Waals surface area contributed by atoms with Crippen molar-refractivity contribution in [1.29, 1.82) is 0 Å². The van der Waals surface area contributed by atoms with Crippen LogP contribution in [0.15, 0.2) is 78.3 Å². The van der Waals surface area contributed by atoms with E-state index in [-0.39, 0.29) is 17.2 Å². The molecule has 1 amide bonds. The molecule has 0 unspecified atom stereocenters. The summed E-state index contributed by atoms with van der Waals surface area (Å²) < 4.78 is 1.84. The molecule has 0 aliphatic carbocycles. The molecule has 0 saturated heterocycles. The molecule has 2 heterocycles. The van der Waals surface area contributed by atoms with Gasteiger partial charge in [0.05, 0.1) is 16.1 Å². The number of phenolic OH excluding ortho intramolecular Hbond substituents is 1. The molecule has 4 rings (SSSR count). The SMILES string of the molecule is CN(Cc1cn(-c2ccccc2)nc1-c1cccs1)C(=O)c1ccccc1O. The van der Waals surface area contributed by atoms with Crippen LogP contribution < -0.4 is 0 Å². The van der Waals surface area contributed by atoms with Crippen LogP contribution in [0.3, 0.4) is 0 Å². The molecule has 0 atom stereocenters. The van der Waals surface area contributed by atoms with Gasteiger partial charge in [-0.2, -0.15) is 5.10 Å². The van der Waals surface area contributed by atoms with E-state index < -0.39 is 0 Å². The van der Waals surface area contributed by atoms with Gasteiger partial charge >= 0.3 is 0 Å². The van der Waals surface area contributed by atoms with Gasteiger partial charge in [0.1, 0.15) is 11.4 Å². The van der Waals surface area contributed by atoms with E-state index in [9.17, 15) is 9.90 Å². The third-order valence-corrected chi connectivity index (χ3v) is 5.33. The van der Waals surface area contributed by atoms with Crippen molar-refractivity contribution in [1.82, 2.24) is 14.7 Å². The van der Waals surface area contributed by atoms with Gasteiger partial charge in [-0.1, -0.05) is 36.4 Å². The van der Waals surface area contributed by atoms with Gasteiger partial charge in [0, 0.05) is 25.4 Å². The fourth-order valence-electron chi connectivity index (χ4n) is 3.05. The summed E-state index contributed by atoms with van der Waals surface area (Å²) in [6.45, 7) is 0.382. The van der Waals surface area contributed by atoms with Crippen LogP contribution in [0, 0.1) is 0 Å². The summed E-state index contributed by atoms with van der Waals surface area (Å²) >= 11 is 1.61. The third kappa shape index (κ3) is 3.54. The first kappa shape index (κ1) is 18.0. The lowest BCUT2D eigenvalue weighted by atomic mass is 10.1. The van der Waals surface area contributed by atoms with Crippen LogP contribution in [0.1, 0.15) is 15.9 Å². The summed E-state index contributed by atoms with van der Waals surface area (Å²) in [4.78, 5) is 15.4. The summed E-state index contributed by atoms with van der Waals surface area (Å²) in [6, 6.07) is 20.5. The Balaban J connectivity index is 1.67. The van der Waals surface area contributed by atoms with Crippen molar-refractivity contribution >= 4 is 17.2 Å². The minimum absolute atomic E-state index is 0.0159. The van der Waals surface area contributed by atoms with Crippen LogP contribution in [0.2, 0.25) is 0 Å². The second kappa shape index (κ2) is 7.70. The Morgan fingerprint density at radius 3 is 2.54 bits per heavy atom. The van der Waals surface area contributed by atoms with E-state index in [1.807, 2.05) is 58.7 Å². The lowest BCUT2D eigenvalue weighted by Gasteiger charge is -2.17. The van der Waals surface area contributed by atoms with Crippen molar-refractivity contribution in [2.24, 2.45) is 0 Å². The Bertz CT molecular complexity index is 1090. The summed E-state index contributed by atoms with van der Waals surface area (Å²) in [5, 5.41) is 16.8. The molecule has 2 aromatic carbocycles. The van der Waals surface area contributed by atoms with Crippen LogP contribution >= 0.6 is 11.3 Å². The Morgan fingerprint density at radius 1 is 1.07 bits per heavy atom. The number of phenols is 1. The fraction of sp³-hybridized carbons (Fsp3) is 0.0909. The zero-order chi connectivity index (χ0) is 19.5. The van der Waals surface area contributed by atoms with Gasteiger partial charge in [0.25, 0.3) is 5.91 Å². The highest BCUT2D eigenvalue weighted by molar-refractivity contribution is 7.13. The number of rotatable bonds is 5. The molecule has 0 spiro atoms. The number of thiophene rings is 1. The zero-order valence-corrected chi connectivity index (χ0v) is 16.1. The maximum Gasteiger partial charge on any atom is 0.257 e. The maximum atomic E-state index is 12.8. The van der Waals surface area contributed by atoms with Crippen molar-refractivity contribution in [3.05, 3.63) is 89.4 Å². The van der Waals surface area contributed by atoms with Gasteiger partial charge in [-0.3, -0.25) is 4.79 Å². The van der Waals surface area contributed by atoms with E-state index in [0.717, 1.165) is 21.8 Å². The molecule has 6 heteroatoms. The van der Waals surface area contributed by atoms with Gasteiger partial charge in [-0.15, -0.1) is 11.3 Å². The molecule has 140 valence electrons. The highest BCUT2D eigenvalue weighted by Crippen LogP contribution is 2.29. The Labute approximate surface area is 167 Å². The molecule has 0 aliphatic heterocycles. The van der Waals surface area contributed by atoms with Crippen LogP contribution in [0.4, 0.5) is 0 Å². The van der Waals surface area contributed by atoms with E-state index in [1.165, 1.54) is 6.07 Å². The summed E-state index contributed by atoms with van der Waals surface area (Å²) in [6.07, 6.45) is 1.96. The Kier molecular flexibility index (Phi) is 4.95. The molecule has 0 aliphatic rings. The quantitative estimate of drug-likeness (QED) is 0.544. The smallest absolute Gasteiger partial charge is 0.257 e. The van der Waals surface area contributed by atoms with Gasteiger partial charge in [-0.25, -0.2) is 4.68 Å². The fourth-order valence-corrected chi connectivity index (χ4v) is 3.79. The number of aromatic nitrogens is 2. The molecule has 4 aromatic rings. The highest BCUT2D eigenvalue weighted by atomic mass is 32.1. The normalized spacial score (nSPS) is 10.8. The van der Waals surface area contributed by atoms with Gasteiger partial charge in [0.15, 0.2) is 0 Å². The highest BCUT2D eigenvalue weighted by Gasteiger charge is 2.19. The number of amides is 1. The molecule has 1 N–H and O–H groups in total. The van der Waals surface area contributed by atoms with Crippen LogP contribution in [0.5, 0.6) is 5.75 Å². The van der Waals surface area contributed by atoms with Crippen molar-refractivity contribution < 1.29 is 9.90 Å². The summed E-state index contributed by atoms with van der Waals surface area (Å²) in [7, 11) is 1.73. The summed E-state index contributed by atoms with van der Waals surface area (Å²) in [5.74, 6) is -0.250. The van der Waals surface area contributed by atoms with E-state index in [0.29, 0.717) is 6.54 Å². The molecule has 28 heavy (non-hydrogen) atoms. The zero-order valence-electron chi connectivity index (χ0n) is 15.3. The molecule has 0 fully saturated rings. The monoisotopic (exact) mass is 389 g/mol. The molecule has 5 nitrogen and oxygen atoms in total. The van der Waals surface area contributed by atoms with E-state index in [4.69, 9.17) is 5.10 Å². The predicted octanol–water partition coefficient (Wildman–Crippen LogP) is 4.58. The third-order valence-electron chi connectivity index (χ3n) is 4.45. The topological polar surface area (TPSA) is 58.4 Å². The standard InChI is InChI=1S/C22H19N3O2S/c1-24(22(27)18-10-5-6-11-19(18)26)14-16-15-25(17-8-3-2-4-9-17)23-21(16)20-12-7-13-28-20/h2-13,15,26H,14H2,1H3. The largest absolute Gasteiger partial charge is 0.507 e. The first-order valence-corrected chi connectivity index (χ1v) is 9.73. The molecular weight excluding hydrogens is 370 g/mol. The Hall–Kier alpha value is -3.38. The second-order valence-corrected chi connectivity index (χ2v) is 7.39. The van der Waals surface area contributed by atoms with Gasteiger partial charge < -0.3 is 10.0 Å². The minimum Gasteiger partial charge on any atom is -0.507 e. The van der Waals surface area contributed by atoms with Crippen molar-refractivity contribution in [3.63, 3.8) is 0 Å². The maximum absolute atomic E-state index is 12.8. The number of carbonyl (C=O) groups excluding carboxylic acids is 1. The predicted molar refractivity (Wildman–Crippen MR) is 111 cm³/mol. The van der Waals surface area contributed by atoms with Crippen LogP contribution in [-0.2, 0) is 6.54 Å². The first-order valence-electron chi connectivity index (χ1n) is 8.85. The van der Waals surface area contributed by atoms with Gasteiger partial charge in [0.2, 0.25) is 0 Å². The minimum atomic E-state index is -0.234. The molecule has 0 saturated carbocycles. The number of hydrogen-bond donors (Lipinski definition) is 1. The average molecular weight is 389 g/mol. The molecule has 0 radical (unpaired) electrons. The van der Waals surface area contributed by atoms with Crippen molar-refractivity contribution in [2.75, 3.05) is 7.05 Å². The van der Waals surface area contributed by atoms with Crippen LogP contribution in [0.25, 0.3) is 16.3 Å². The number of hydrogen-bond acceptors (Lipinski definition) is 4. The molecule has 0 bridgehead atoms. The van der Waals surface area contributed by atoms with E-state index in [2.05, 4.69) is 0 Å². The van der Waals surface area contributed by atoms with Crippen LogP contribution in [-0.4, -0.2) is 32.7 Å². The Morgan fingerprint density at radius 2 is 1.82 bits per heavy atom. The van der Waals surface area contributed by atoms with Crippen molar-refractivity contribution in [3.8, 4) is 22.0 Å². The van der Waals surface area contributed by atoms with E-state index >= 15 is 0 Å². The molecule has 2 aromatic heterocycles. The average Bonchev–Trinajstić information content (AvgIpc) is 3.38. The lowest BCUT2D eigenvalue weighted by Crippen LogP contribution is -2.26. The number of aromatic hydroxyl groups is 1. The number of benzene rings is 2. The first-order chi connectivity index (χ1) is 13.6.